The van der Waals surface area contributed by atoms with Gasteiger partial charge in [0.2, 0.25) is 0 Å². The van der Waals surface area contributed by atoms with E-state index in [9.17, 15) is 13.2 Å². The summed E-state index contributed by atoms with van der Waals surface area (Å²) in [5.41, 5.74) is 0.544. The Morgan fingerprint density at radius 2 is 2.19 bits per heavy atom. The molecular formula is C13H15N3O3S2. The van der Waals surface area contributed by atoms with Crippen LogP contribution in [-0.2, 0) is 16.4 Å². The first-order valence-corrected chi connectivity index (χ1v) is 8.67. The standard InChI is InChI=1S/C13H15N3O3S2/c1-3-5-11-15-9(2)12(20-11)13(17)16-21(18,19)10-6-4-7-14-8-10/h4,6-8H,3,5H2,1-2H3,(H,16,17). The minimum absolute atomic E-state index is 0.0469. The summed E-state index contributed by atoms with van der Waals surface area (Å²) in [6.45, 7) is 3.71. The van der Waals surface area contributed by atoms with Crippen LogP contribution in [0.1, 0.15) is 33.7 Å². The summed E-state index contributed by atoms with van der Waals surface area (Å²) in [4.78, 5) is 20.4. The van der Waals surface area contributed by atoms with E-state index in [4.69, 9.17) is 0 Å². The molecule has 1 amide bonds. The van der Waals surface area contributed by atoms with Gasteiger partial charge in [0, 0.05) is 12.4 Å². The van der Waals surface area contributed by atoms with Gasteiger partial charge in [0.25, 0.3) is 15.9 Å². The van der Waals surface area contributed by atoms with Crippen molar-refractivity contribution in [1.29, 1.82) is 0 Å². The zero-order chi connectivity index (χ0) is 15.5. The Hall–Kier alpha value is -1.80. The number of thiazole rings is 1. The molecule has 112 valence electrons. The van der Waals surface area contributed by atoms with Crippen molar-refractivity contribution in [1.82, 2.24) is 14.7 Å². The highest BCUT2D eigenvalue weighted by atomic mass is 32.2. The lowest BCUT2D eigenvalue weighted by atomic mass is 10.3. The van der Waals surface area contributed by atoms with E-state index < -0.39 is 15.9 Å². The number of carbonyl (C=O) groups excluding carboxylic acids is 1. The Labute approximate surface area is 127 Å². The topological polar surface area (TPSA) is 89.0 Å². The molecule has 0 bridgehead atoms. The third-order valence-corrected chi connectivity index (χ3v) is 5.21. The lowest BCUT2D eigenvalue weighted by Gasteiger charge is -2.05. The summed E-state index contributed by atoms with van der Waals surface area (Å²) in [5.74, 6) is -0.656. The predicted octanol–water partition coefficient (Wildman–Crippen LogP) is 1.92. The van der Waals surface area contributed by atoms with E-state index in [1.165, 1.54) is 35.9 Å². The van der Waals surface area contributed by atoms with Crippen LogP contribution in [0.5, 0.6) is 0 Å². The average molecular weight is 325 g/mol. The number of hydrogen-bond acceptors (Lipinski definition) is 6. The largest absolute Gasteiger partial charge is 0.276 e. The van der Waals surface area contributed by atoms with Crippen LogP contribution in [0.4, 0.5) is 0 Å². The Morgan fingerprint density at radius 3 is 2.81 bits per heavy atom. The Balaban J connectivity index is 2.22. The van der Waals surface area contributed by atoms with Crippen LogP contribution in [-0.4, -0.2) is 24.3 Å². The second-order valence-corrected chi connectivity index (χ2v) is 7.16. The summed E-state index contributed by atoms with van der Waals surface area (Å²) in [6, 6.07) is 2.88. The van der Waals surface area contributed by atoms with Crippen molar-refractivity contribution in [2.24, 2.45) is 0 Å². The highest BCUT2D eigenvalue weighted by Crippen LogP contribution is 2.20. The van der Waals surface area contributed by atoms with Gasteiger partial charge in [-0.15, -0.1) is 11.3 Å². The number of sulfonamides is 1. The average Bonchev–Trinajstić information content (AvgIpc) is 2.81. The van der Waals surface area contributed by atoms with E-state index >= 15 is 0 Å². The zero-order valence-electron chi connectivity index (χ0n) is 11.7. The lowest BCUT2D eigenvalue weighted by molar-refractivity contribution is 0.0984. The number of nitrogens with zero attached hydrogens (tertiary/aromatic N) is 2. The molecule has 21 heavy (non-hydrogen) atoms. The number of aryl methyl sites for hydroxylation is 2. The molecule has 6 nitrogen and oxygen atoms in total. The minimum Gasteiger partial charge on any atom is -0.267 e. The van der Waals surface area contributed by atoms with Crippen LogP contribution in [0.15, 0.2) is 29.4 Å². The smallest absolute Gasteiger partial charge is 0.267 e. The summed E-state index contributed by atoms with van der Waals surface area (Å²) in [7, 11) is -3.91. The molecule has 0 saturated heterocycles. The van der Waals surface area contributed by atoms with E-state index in [2.05, 4.69) is 9.97 Å². The number of hydrogen-bond donors (Lipinski definition) is 1. The number of nitrogens with one attached hydrogen (secondary N) is 1. The van der Waals surface area contributed by atoms with Gasteiger partial charge in [-0.1, -0.05) is 6.92 Å². The van der Waals surface area contributed by atoms with E-state index in [-0.39, 0.29) is 4.90 Å². The Kier molecular flexibility index (Phi) is 4.69. The molecule has 0 aliphatic heterocycles. The summed E-state index contributed by atoms with van der Waals surface area (Å²) < 4.78 is 26.2. The second-order valence-electron chi connectivity index (χ2n) is 4.40. The molecule has 2 aromatic rings. The molecule has 0 unspecified atom stereocenters. The molecule has 0 radical (unpaired) electrons. The third kappa shape index (κ3) is 3.64. The van der Waals surface area contributed by atoms with Gasteiger partial charge in [-0.3, -0.25) is 9.78 Å². The molecule has 8 heteroatoms. The highest BCUT2D eigenvalue weighted by Gasteiger charge is 2.22. The van der Waals surface area contributed by atoms with Gasteiger partial charge in [-0.05, 0) is 31.9 Å². The monoisotopic (exact) mass is 325 g/mol. The predicted molar refractivity (Wildman–Crippen MR) is 79.7 cm³/mol. The van der Waals surface area contributed by atoms with Crippen molar-refractivity contribution in [3.63, 3.8) is 0 Å². The normalized spacial score (nSPS) is 11.3. The molecule has 0 spiro atoms. The lowest BCUT2D eigenvalue weighted by Crippen LogP contribution is -2.30. The Bertz CT molecular complexity index is 739. The van der Waals surface area contributed by atoms with Crippen LogP contribution in [0.2, 0.25) is 0 Å². The van der Waals surface area contributed by atoms with E-state index in [0.717, 1.165) is 17.8 Å². The fourth-order valence-corrected chi connectivity index (χ4v) is 3.76. The molecule has 0 atom stereocenters. The van der Waals surface area contributed by atoms with Crippen LogP contribution in [0.25, 0.3) is 0 Å². The minimum atomic E-state index is -3.91. The van der Waals surface area contributed by atoms with Crippen LogP contribution in [0, 0.1) is 6.92 Å². The highest BCUT2D eigenvalue weighted by molar-refractivity contribution is 7.90. The molecular weight excluding hydrogens is 310 g/mol. The van der Waals surface area contributed by atoms with Gasteiger partial charge in [-0.2, -0.15) is 0 Å². The number of amides is 1. The molecule has 0 aliphatic carbocycles. The molecule has 0 saturated carbocycles. The molecule has 2 aromatic heterocycles. The fraction of sp³-hybridized carbons (Fsp3) is 0.308. The van der Waals surface area contributed by atoms with Crippen molar-refractivity contribution in [3.8, 4) is 0 Å². The molecule has 0 aromatic carbocycles. The van der Waals surface area contributed by atoms with Crippen molar-refractivity contribution in [2.45, 2.75) is 31.6 Å². The molecule has 2 rings (SSSR count). The van der Waals surface area contributed by atoms with Crippen molar-refractivity contribution in [3.05, 3.63) is 40.1 Å². The molecule has 1 N–H and O–H groups in total. The van der Waals surface area contributed by atoms with Crippen molar-refractivity contribution in [2.75, 3.05) is 0 Å². The first-order chi connectivity index (χ1) is 9.94. The summed E-state index contributed by atoms with van der Waals surface area (Å²) in [6.07, 6.45) is 4.35. The van der Waals surface area contributed by atoms with Gasteiger partial charge in [0.1, 0.15) is 9.77 Å². The first-order valence-electron chi connectivity index (χ1n) is 6.37. The zero-order valence-corrected chi connectivity index (χ0v) is 13.3. The second kappa shape index (κ2) is 6.31. The maximum Gasteiger partial charge on any atom is 0.276 e. The van der Waals surface area contributed by atoms with Crippen LogP contribution in [0.3, 0.4) is 0 Å². The van der Waals surface area contributed by atoms with E-state index in [0.29, 0.717) is 10.6 Å². The van der Waals surface area contributed by atoms with Gasteiger partial charge in [-0.25, -0.2) is 18.1 Å². The summed E-state index contributed by atoms with van der Waals surface area (Å²) in [5, 5.41) is 0.832. The van der Waals surface area contributed by atoms with Crippen LogP contribution >= 0.6 is 11.3 Å². The van der Waals surface area contributed by atoms with Gasteiger partial charge < -0.3 is 0 Å². The van der Waals surface area contributed by atoms with Crippen molar-refractivity contribution >= 4 is 27.3 Å². The third-order valence-electron chi connectivity index (χ3n) is 2.68. The maximum atomic E-state index is 12.1. The fourth-order valence-electron chi connectivity index (χ4n) is 1.72. The van der Waals surface area contributed by atoms with Crippen molar-refractivity contribution < 1.29 is 13.2 Å². The van der Waals surface area contributed by atoms with E-state index in [1.807, 2.05) is 11.6 Å². The quantitative estimate of drug-likeness (QED) is 0.907. The molecule has 0 fully saturated rings. The molecule has 2 heterocycles. The SMILES string of the molecule is CCCc1nc(C)c(C(=O)NS(=O)(=O)c2cccnc2)s1. The number of carbonyl (C=O) groups is 1. The van der Waals surface area contributed by atoms with Gasteiger partial charge in [0.05, 0.1) is 10.7 Å². The maximum absolute atomic E-state index is 12.1. The first kappa shape index (κ1) is 15.6. The molecule has 0 aliphatic rings. The number of rotatable bonds is 5. The van der Waals surface area contributed by atoms with Gasteiger partial charge in [0.15, 0.2) is 0 Å². The Morgan fingerprint density at radius 1 is 1.43 bits per heavy atom. The van der Waals surface area contributed by atoms with Gasteiger partial charge >= 0.3 is 0 Å². The number of aromatic nitrogens is 2. The van der Waals surface area contributed by atoms with E-state index in [1.54, 1.807) is 6.92 Å². The van der Waals surface area contributed by atoms with Crippen LogP contribution < -0.4 is 4.72 Å². The number of pyridine rings is 1. The summed E-state index contributed by atoms with van der Waals surface area (Å²) >= 11 is 1.22.